The average Bonchev–Trinajstić information content (AvgIpc) is 2.15. The van der Waals surface area contributed by atoms with E-state index in [1.165, 1.54) is 0 Å². The summed E-state index contributed by atoms with van der Waals surface area (Å²) in [6.45, 7) is 9.42. The maximum Gasteiger partial charge on any atom is 0.0889 e. The molecule has 0 saturated carbocycles. The molecule has 0 aromatic carbocycles. The molecule has 1 saturated heterocycles. The minimum Gasteiger partial charge on any atom is -0.499 e. The molecule has 1 rings (SSSR count). The maximum atomic E-state index is 9.31. The Morgan fingerprint density at radius 1 is 1.50 bits per heavy atom. The highest BCUT2D eigenvalue weighted by Crippen LogP contribution is 2.09. The Morgan fingerprint density at radius 3 is 2.71 bits per heavy atom. The SMILES string of the molecule is C=C(C)OCCCN1CCC(O)CC1. The second-order valence-electron chi connectivity index (χ2n) is 3.98. The molecule has 0 amide bonds. The van der Waals surface area contributed by atoms with Crippen LogP contribution < -0.4 is 0 Å². The summed E-state index contributed by atoms with van der Waals surface area (Å²) in [7, 11) is 0. The van der Waals surface area contributed by atoms with Crippen LogP contribution in [0.15, 0.2) is 12.3 Å². The fourth-order valence-corrected chi connectivity index (χ4v) is 1.68. The van der Waals surface area contributed by atoms with Crippen LogP contribution in [-0.4, -0.2) is 42.4 Å². The summed E-state index contributed by atoms with van der Waals surface area (Å²) in [5.41, 5.74) is 0. The van der Waals surface area contributed by atoms with E-state index in [-0.39, 0.29) is 6.10 Å². The van der Waals surface area contributed by atoms with Crippen LogP contribution in [-0.2, 0) is 4.74 Å². The maximum absolute atomic E-state index is 9.31. The molecule has 14 heavy (non-hydrogen) atoms. The van der Waals surface area contributed by atoms with Gasteiger partial charge in [-0.2, -0.15) is 0 Å². The number of aliphatic hydroxyl groups is 1. The van der Waals surface area contributed by atoms with Crippen molar-refractivity contribution in [3.05, 3.63) is 12.3 Å². The molecule has 3 heteroatoms. The smallest absolute Gasteiger partial charge is 0.0889 e. The Morgan fingerprint density at radius 2 is 2.14 bits per heavy atom. The number of ether oxygens (including phenoxy) is 1. The first kappa shape index (κ1) is 11.5. The molecule has 0 unspecified atom stereocenters. The standard InChI is InChI=1S/C11H21NO2/c1-10(2)14-9-3-6-12-7-4-11(13)5-8-12/h11,13H,1,3-9H2,2H3. The van der Waals surface area contributed by atoms with Gasteiger partial charge in [0, 0.05) is 19.6 Å². The van der Waals surface area contributed by atoms with Crippen LogP contribution in [0.5, 0.6) is 0 Å². The highest BCUT2D eigenvalue weighted by Gasteiger charge is 2.15. The third-order valence-corrected chi connectivity index (χ3v) is 2.52. The van der Waals surface area contributed by atoms with E-state index in [1.54, 1.807) is 0 Å². The minimum atomic E-state index is -0.0714. The van der Waals surface area contributed by atoms with Gasteiger partial charge in [0.2, 0.25) is 0 Å². The van der Waals surface area contributed by atoms with Crippen molar-refractivity contribution >= 4 is 0 Å². The molecule has 0 aromatic rings. The van der Waals surface area contributed by atoms with Crippen LogP contribution in [0.1, 0.15) is 26.2 Å². The molecule has 1 aliphatic rings. The molecular formula is C11H21NO2. The number of hydrogen-bond acceptors (Lipinski definition) is 3. The zero-order valence-corrected chi connectivity index (χ0v) is 9.04. The molecule has 3 nitrogen and oxygen atoms in total. The lowest BCUT2D eigenvalue weighted by atomic mass is 10.1. The second kappa shape index (κ2) is 6.04. The summed E-state index contributed by atoms with van der Waals surface area (Å²) in [6, 6.07) is 0. The number of aliphatic hydroxyl groups excluding tert-OH is 1. The fraction of sp³-hybridized carbons (Fsp3) is 0.818. The highest BCUT2D eigenvalue weighted by molar-refractivity contribution is 4.74. The van der Waals surface area contributed by atoms with E-state index in [2.05, 4.69) is 11.5 Å². The van der Waals surface area contributed by atoms with E-state index in [0.29, 0.717) is 0 Å². The van der Waals surface area contributed by atoms with Gasteiger partial charge in [-0.15, -0.1) is 0 Å². The van der Waals surface area contributed by atoms with Gasteiger partial charge in [-0.3, -0.25) is 0 Å². The Kier molecular flexibility index (Phi) is 4.98. The van der Waals surface area contributed by atoms with Crippen molar-refractivity contribution in [2.45, 2.75) is 32.3 Å². The molecule has 82 valence electrons. The quantitative estimate of drug-likeness (QED) is 0.536. The number of piperidine rings is 1. The topological polar surface area (TPSA) is 32.7 Å². The van der Waals surface area contributed by atoms with Crippen LogP contribution in [0.25, 0.3) is 0 Å². The Hall–Kier alpha value is -0.540. The van der Waals surface area contributed by atoms with Crippen LogP contribution in [0, 0.1) is 0 Å². The Labute approximate surface area is 86.4 Å². The van der Waals surface area contributed by atoms with Gasteiger partial charge >= 0.3 is 0 Å². The predicted molar refractivity (Wildman–Crippen MR) is 57.1 cm³/mol. The molecule has 0 aromatic heterocycles. The summed E-state index contributed by atoms with van der Waals surface area (Å²) in [6.07, 6.45) is 2.81. The third-order valence-electron chi connectivity index (χ3n) is 2.52. The monoisotopic (exact) mass is 199 g/mol. The largest absolute Gasteiger partial charge is 0.499 e. The predicted octanol–water partition coefficient (Wildman–Crippen LogP) is 1.38. The lowest BCUT2D eigenvalue weighted by molar-refractivity contribution is 0.0779. The molecule has 0 aliphatic carbocycles. The van der Waals surface area contributed by atoms with Crippen molar-refractivity contribution < 1.29 is 9.84 Å². The second-order valence-corrected chi connectivity index (χ2v) is 3.98. The molecule has 1 fully saturated rings. The minimum absolute atomic E-state index is 0.0714. The van der Waals surface area contributed by atoms with Gasteiger partial charge in [-0.25, -0.2) is 0 Å². The average molecular weight is 199 g/mol. The van der Waals surface area contributed by atoms with Crippen molar-refractivity contribution in [3.63, 3.8) is 0 Å². The number of nitrogens with zero attached hydrogens (tertiary/aromatic N) is 1. The highest BCUT2D eigenvalue weighted by atomic mass is 16.5. The molecule has 1 heterocycles. The summed E-state index contributed by atoms with van der Waals surface area (Å²) in [4.78, 5) is 2.38. The fourth-order valence-electron chi connectivity index (χ4n) is 1.68. The van der Waals surface area contributed by atoms with Gasteiger partial charge in [0.05, 0.1) is 18.5 Å². The number of allylic oxidation sites excluding steroid dienone is 1. The van der Waals surface area contributed by atoms with E-state index < -0.39 is 0 Å². The Bertz CT molecular complexity index is 174. The molecule has 1 aliphatic heterocycles. The van der Waals surface area contributed by atoms with Crippen LogP contribution in [0.3, 0.4) is 0 Å². The van der Waals surface area contributed by atoms with Gasteiger partial charge < -0.3 is 14.7 Å². The lowest BCUT2D eigenvalue weighted by Crippen LogP contribution is -2.36. The van der Waals surface area contributed by atoms with E-state index in [0.717, 1.165) is 51.3 Å². The molecule has 1 N–H and O–H groups in total. The van der Waals surface area contributed by atoms with Crippen molar-refractivity contribution in [2.75, 3.05) is 26.2 Å². The lowest BCUT2D eigenvalue weighted by Gasteiger charge is -2.29. The van der Waals surface area contributed by atoms with E-state index in [9.17, 15) is 5.11 Å². The number of likely N-dealkylation sites (tertiary alicyclic amines) is 1. The van der Waals surface area contributed by atoms with E-state index >= 15 is 0 Å². The first-order valence-corrected chi connectivity index (χ1v) is 5.37. The molecular weight excluding hydrogens is 178 g/mol. The summed E-state index contributed by atoms with van der Waals surface area (Å²) in [5.74, 6) is 0.791. The Balaban J connectivity index is 1.99. The van der Waals surface area contributed by atoms with Crippen LogP contribution in [0.4, 0.5) is 0 Å². The van der Waals surface area contributed by atoms with Gasteiger partial charge in [-0.05, 0) is 26.2 Å². The number of hydrogen-bond donors (Lipinski definition) is 1. The molecule has 0 radical (unpaired) electrons. The van der Waals surface area contributed by atoms with Crippen LogP contribution >= 0.6 is 0 Å². The van der Waals surface area contributed by atoms with Gasteiger partial charge in [0.25, 0.3) is 0 Å². The normalized spacial score (nSPS) is 19.6. The summed E-state index contributed by atoms with van der Waals surface area (Å²) >= 11 is 0. The molecule has 0 spiro atoms. The van der Waals surface area contributed by atoms with Gasteiger partial charge in [-0.1, -0.05) is 6.58 Å². The van der Waals surface area contributed by atoms with Crippen molar-refractivity contribution in [1.82, 2.24) is 4.90 Å². The first-order valence-electron chi connectivity index (χ1n) is 5.37. The van der Waals surface area contributed by atoms with E-state index in [4.69, 9.17) is 4.74 Å². The summed E-state index contributed by atoms with van der Waals surface area (Å²) < 4.78 is 5.28. The zero-order valence-electron chi connectivity index (χ0n) is 9.04. The van der Waals surface area contributed by atoms with Crippen molar-refractivity contribution in [1.29, 1.82) is 0 Å². The van der Waals surface area contributed by atoms with Crippen molar-refractivity contribution in [2.24, 2.45) is 0 Å². The van der Waals surface area contributed by atoms with Crippen molar-refractivity contribution in [3.8, 4) is 0 Å². The molecule has 0 atom stereocenters. The molecule has 0 bridgehead atoms. The van der Waals surface area contributed by atoms with Gasteiger partial charge in [0.1, 0.15) is 0 Å². The van der Waals surface area contributed by atoms with E-state index in [1.807, 2.05) is 6.92 Å². The zero-order chi connectivity index (χ0) is 10.4. The number of rotatable bonds is 5. The van der Waals surface area contributed by atoms with Gasteiger partial charge in [0.15, 0.2) is 0 Å². The van der Waals surface area contributed by atoms with Crippen LogP contribution in [0.2, 0.25) is 0 Å². The summed E-state index contributed by atoms with van der Waals surface area (Å²) in [5, 5.41) is 9.31. The third kappa shape index (κ3) is 4.63. The first-order chi connectivity index (χ1) is 6.68.